The molecule has 0 spiro atoms. The molecule has 0 aliphatic carbocycles. The lowest BCUT2D eigenvalue weighted by molar-refractivity contribution is 0.0642. The highest BCUT2D eigenvalue weighted by atomic mass is 35.5. The fraction of sp³-hybridized carbons (Fsp3) is 0.250. The molecule has 2 aromatic carbocycles. The van der Waals surface area contributed by atoms with Crippen LogP contribution in [0.25, 0.3) is 0 Å². The standard InChI is InChI=1S/C20H21N3O3.ClH/c1-21-10-11-22(2)18(24)15-8-9-16-17(12-15)20(26)23(19(16)25)13-14-6-4-3-5-7-14;/h3-9,12,21H,10-11,13H2,1-2H3;1H. The van der Waals surface area contributed by atoms with E-state index in [0.29, 0.717) is 29.8 Å². The minimum Gasteiger partial charge on any atom is -0.340 e. The predicted octanol–water partition coefficient (Wildman–Crippen LogP) is 2.20. The van der Waals surface area contributed by atoms with Gasteiger partial charge in [0.15, 0.2) is 0 Å². The molecule has 0 unspecified atom stereocenters. The van der Waals surface area contributed by atoms with Crippen LogP contribution in [0.15, 0.2) is 48.5 Å². The van der Waals surface area contributed by atoms with Crippen molar-refractivity contribution in [2.45, 2.75) is 6.54 Å². The first-order valence-electron chi connectivity index (χ1n) is 8.47. The molecule has 27 heavy (non-hydrogen) atoms. The molecule has 0 fully saturated rings. The average Bonchev–Trinajstić information content (AvgIpc) is 2.90. The monoisotopic (exact) mass is 387 g/mol. The summed E-state index contributed by atoms with van der Waals surface area (Å²) in [4.78, 5) is 40.6. The van der Waals surface area contributed by atoms with Crippen LogP contribution in [0.1, 0.15) is 36.6 Å². The van der Waals surface area contributed by atoms with E-state index in [4.69, 9.17) is 0 Å². The second kappa shape index (κ2) is 8.79. The van der Waals surface area contributed by atoms with Gasteiger partial charge in [0.1, 0.15) is 0 Å². The molecule has 3 rings (SSSR count). The minimum atomic E-state index is -0.360. The van der Waals surface area contributed by atoms with Gasteiger partial charge >= 0.3 is 0 Å². The molecule has 0 saturated heterocycles. The van der Waals surface area contributed by atoms with Gasteiger partial charge in [-0.05, 0) is 30.8 Å². The van der Waals surface area contributed by atoms with Gasteiger partial charge in [-0.25, -0.2) is 0 Å². The molecule has 0 atom stereocenters. The van der Waals surface area contributed by atoms with Gasteiger partial charge in [0.2, 0.25) is 0 Å². The predicted molar refractivity (Wildman–Crippen MR) is 105 cm³/mol. The van der Waals surface area contributed by atoms with E-state index in [0.717, 1.165) is 5.56 Å². The number of nitrogens with one attached hydrogen (secondary N) is 1. The van der Waals surface area contributed by atoms with Crippen molar-refractivity contribution in [3.05, 3.63) is 70.8 Å². The average molecular weight is 388 g/mol. The summed E-state index contributed by atoms with van der Waals surface area (Å²) >= 11 is 0. The molecule has 142 valence electrons. The number of fused-ring (bicyclic) bond motifs is 1. The molecular formula is C20H22ClN3O3. The summed E-state index contributed by atoms with van der Waals surface area (Å²) in [5.41, 5.74) is 1.93. The highest BCUT2D eigenvalue weighted by Gasteiger charge is 2.36. The number of amides is 3. The number of nitrogens with zero attached hydrogens (tertiary/aromatic N) is 2. The third kappa shape index (κ3) is 4.18. The lowest BCUT2D eigenvalue weighted by Gasteiger charge is -2.17. The van der Waals surface area contributed by atoms with Crippen molar-refractivity contribution >= 4 is 30.1 Å². The van der Waals surface area contributed by atoms with Crippen LogP contribution in [0.3, 0.4) is 0 Å². The van der Waals surface area contributed by atoms with Gasteiger partial charge in [0.25, 0.3) is 17.7 Å². The van der Waals surface area contributed by atoms with E-state index < -0.39 is 0 Å². The number of likely N-dealkylation sites (N-methyl/N-ethyl adjacent to an activating group) is 2. The molecule has 0 saturated carbocycles. The Morgan fingerprint density at radius 2 is 1.70 bits per heavy atom. The molecule has 7 heteroatoms. The molecule has 3 amide bonds. The van der Waals surface area contributed by atoms with Crippen LogP contribution in [-0.4, -0.2) is 54.7 Å². The van der Waals surface area contributed by atoms with Crippen molar-refractivity contribution in [2.24, 2.45) is 0 Å². The number of carbonyl (C=O) groups is 3. The van der Waals surface area contributed by atoms with E-state index in [-0.39, 0.29) is 36.7 Å². The smallest absolute Gasteiger partial charge is 0.261 e. The molecule has 1 aliphatic rings. The number of hydrogen-bond acceptors (Lipinski definition) is 4. The van der Waals surface area contributed by atoms with Crippen LogP contribution in [-0.2, 0) is 6.54 Å². The van der Waals surface area contributed by atoms with E-state index in [2.05, 4.69) is 5.32 Å². The molecule has 0 aromatic heterocycles. The van der Waals surface area contributed by atoms with Crippen molar-refractivity contribution < 1.29 is 14.4 Å². The zero-order chi connectivity index (χ0) is 18.7. The van der Waals surface area contributed by atoms with Crippen LogP contribution >= 0.6 is 12.4 Å². The number of rotatable bonds is 6. The van der Waals surface area contributed by atoms with Crippen LogP contribution in [0.5, 0.6) is 0 Å². The van der Waals surface area contributed by atoms with Gasteiger partial charge < -0.3 is 10.2 Å². The Balaban J connectivity index is 0.00000261. The Morgan fingerprint density at radius 1 is 1.04 bits per heavy atom. The Bertz CT molecular complexity index is 855. The Hall–Kier alpha value is -2.70. The number of carbonyl (C=O) groups excluding carboxylic acids is 3. The van der Waals surface area contributed by atoms with Gasteiger partial charge in [-0.15, -0.1) is 12.4 Å². The molecule has 0 bridgehead atoms. The van der Waals surface area contributed by atoms with E-state index in [9.17, 15) is 14.4 Å². The lowest BCUT2D eigenvalue weighted by atomic mass is 10.0. The van der Waals surface area contributed by atoms with Crippen LogP contribution in [0.4, 0.5) is 0 Å². The van der Waals surface area contributed by atoms with Gasteiger partial charge in [0.05, 0.1) is 17.7 Å². The molecule has 0 radical (unpaired) electrons. The summed E-state index contributed by atoms with van der Waals surface area (Å²) in [6.07, 6.45) is 0. The third-order valence-electron chi connectivity index (χ3n) is 4.45. The lowest BCUT2D eigenvalue weighted by Crippen LogP contribution is -2.32. The van der Waals surface area contributed by atoms with E-state index in [1.807, 2.05) is 37.4 Å². The first-order chi connectivity index (χ1) is 12.5. The van der Waals surface area contributed by atoms with Gasteiger partial charge in [-0.1, -0.05) is 30.3 Å². The Kier molecular flexibility index (Phi) is 6.71. The maximum absolute atomic E-state index is 12.7. The molecule has 1 N–H and O–H groups in total. The van der Waals surface area contributed by atoms with Crippen molar-refractivity contribution in [2.75, 3.05) is 27.2 Å². The van der Waals surface area contributed by atoms with E-state index in [1.165, 1.54) is 11.0 Å². The Morgan fingerprint density at radius 3 is 2.37 bits per heavy atom. The number of halogens is 1. The number of hydrogen-bond donors (Lipinski definition) is 1. The fourth-order valence-corrected chi connectivity index (χ4v) is 2.93. The van der Waals surface area contributed by atoms with Crippen LogP contribution in [0.2, 0.25) is 0 Å². The molecule has 1 aliphatic heterocycles. The first-order valence-corrected chi connectivity index (χ1v) is 8.47. The fourth-order valence-electron chi connectivity index (χ4n) is 2.93. The zero-order valence-corrected chi connectivity index (χ0v) is 16.1. The first kappa shape index (κ1) is 20.6. The molecule has 2 aromatic rings. The third-order valence-corrected chi connectivity index (χ3v) is 4.45. The summed E-state index contributed by atoms with van der Waals surface area (Å²) in [6, 6.07) is 14.1. The summed E-state index contributed by atoms with van der Waals surface area (Å²) in [7, 11) is 3.53. The maximum Gasteiger partial charge on any atom is 0.261 e. The van der Waals surface area contributed by atoms with Gasteiger partial charge in [-0.2, -0.15) is 0 Å². The highest BCUT2D eigenvalue weighted by Crippen LogP contribution is 2.26. The summed E-state index contributed by atoms with van der Waals surface area (Å²) in [6.45, 7) is 1.45. The van der Waals surface area contributed by atoms with Crippen molar-refractivity contribution in [1.82, 2.24) is 15.1 Å². The van der Waals surface area contributed by atoms with Crippen LogP contribution in [0, 0.1) is 0 Å². The second-order valence-corrected chi connectivity index (χ2v) is 6.27. The van der Waals surface area contributed by atoms with E-state index >= 15 is 0 Å². The van der Waals surface area contributed by atoms with Crippen LogP contribution < -0.4 is 5.32 Å². The Labute approximate surface area is 164 Å². The van der Waals surface area contributed by atoms with Crippen molar-refractivity contribution in [1.29, 1.82) is 0 Å². The molecule has 1 heterocycles. The summed E-state index contributed by atoms with van der Waals surface area (Å²) in [5, 5.41) is 2.99. The SMILES string of the molecule is CNCCN(C)C(=O)c1ccc2c(c1)C(=O)N(Cc1ccccc1)C2=O.Cl. The highest BCUT2D eigenvalue weighted by molar-refractivity contribution is 6.22. The largest absolute Gasteiger partial charge is 0.340 e. The van der Waals surface area contributed by atoms with Gasteiger partial charge in [0, 0.05) is 25.7 Å². The normalized spacial score (nSPS) is 12.6. The van der Waals surface area contributed by atoms with Crippen molar-refractivity contribution in [3.63, 3.8) is 0 Å². The van der Waals surface area contributed by atoms with E-state index in [1.54, 1.807) is 24.1 Å². The molecule has 6 nitrogen and oxygen atoms in total. The zero-order valence-electron chi connectivity index (χ0n) is 15.3. The molecular weight excluding hydrogens is 366 g/mol. The summed E-state index contributed by atoms with van der Waals surface area (Å²) < 4.78 is 0. The number of benzene rings is 2. The summed E-state index contributed by atoms with van der Waals surface area (Å²) in [5.74, 6) is -0.859. The maximum atomic E-state index is 12.7. The number of imide groups is 1. The van der Waals surface area contributed by atoms with Gasteiger partial charge in [-0.3, -0.25) is 19.3 Å². The topological polar surface area (TPSA) is 69.7 Å². The second-order valence-electron chi connectivity index (χ2n) is 6.27. The quantitative estimate of drug-likeness (QED) is 0.771. The minimum absolute atomic E-state index is 0. The van der Waals surface area contributed by atoms with Crippen molar-refractivity contribution in [3.8, 4) is 0 Å².